The summed E-state index contributed by atoms with van der Waals surface area (Å²) >= 11 is 0. The van der Waals surface area contributed by atoms with Crippen LogP contribution in [0.25, 0.3) is 0 Å². The van der Waals surface area contributed by atoms with Crippen molar-refractivity contribution in [3.05, 3.63) is 29.6 Å². The Morgan fingerprint density at radius 1 is 1.25 bits per heavy atom. The van der Waals surface area contributed by atoms with Crippen molar-refractivity contribution in [1.29, 1.82) is 0 Å². The number of carbonyl (C=O) groups excluding carboxylic acids is 1. The topological polar surface area (TPSA) is 49.6 Å². The van der Waals surface area contributed by atoms with E-state index >= 15 is 0 Å². The van der Waals surface area contributed by atoms with Gasteiger partial charge in [0.05, 0.1) is 5.56 Å². The Hall–Kier alpha value is -1.62. The number of benzene rings is 1. The standard InChI is InChI=1S/C15H20FN3O/c16-14-5-4-11(17)9-13(14)15(20)19-8-7-18-6-2-1-3-12(18)10-19/h4-5,9,12H,1-3,6-8,10,17H2. The Kier molecular flexibility index (Phi) is 3.61. The van der Waals surface area contributed by atoms with Crippen LogP contribution in [0.15, 0.2) is 18.2 Å². The van der Waals surface area contributed by atoms with Gasteiger partial charge >= 0.3 is 0 Å². The van der Waals surface area contributed by atoms with Gasteiger partial charge in [0, 0.05) is 31.4 Å². The zero-order valence-electron chi connectivity index (χ0n) is 11.5. The third-order valence-electron chi connectivity index (χ3n) is 4.35. The number of nitrogens with two attached hydrogens (primary N) is 1. The van der Waals surface area contributed by atoms with Crippen LogP contribution in [0, 0.1) is 5.82 Å². The zero-order valence-corrected chi connectivity index (χ0v) is 11.5. The highest BCUT2D eigenvalue weighted by atomic mass is 19.1. The lowest BCUT2D eigenvalue weighted by atomic mass is 9.99. The molecule has 0 bridgehead atoms. The van der Waals surface area contributed by atoms with E-state index in [1.807, 2.05) is 0 Å². The van der Waals surface area contributed by atoms with E-state index in [4.69, 9.17) is 5.73 Å². The minimum atomic E-state index is -0.490. The van der Waals surface area contributed by atoms with Gasteiger partial charge in [0.25, 0.3) is 5.91 Å². The Morgan fingerprint density at radius 3 is 2.95 bits per heavy atom. The van der Waals surface area contributed by atoms with E-state index in [9.17, 15) is 9.18 Å². The van der Waals surface area contributed by atoms with Crippen molar-refractivity contribution in [3.63, 3.8) is 0 Å². The molecule has 0 aliphatic carbocycles. The molecule has 0 saturated carbocycles. The molecule has 2 aliphatic rings. The Bertz CT molecular complexity index is 520. The molecule has 2 saturated heterocycles. The SMILES string of the molecule is Nc1ccc(F)c(C(=O)N2CCN3CCCCC3C2)c1. The van der Waals surface area contributed by atoms with Crippen molar-refractivity contribution in [2.24, 2.45) is 0 Å². The summed E-state index contributed by atoms with van der Waals surface area (Å²) in [5.41, 5.74) is 6.17. The van der Waals surface area contributed by atoms with E-state index in [0.717, 1.165) is 19.5 Å². The number of carbonyl (C=O) groups is 1. The number of piperazine rings is 1. The molecule has 2 fully saturated rings. The highest BCUT2D eigenvalue weighted by molar-refractivity contribution is 5.95. The van der Waals surface area contributed by atoms with Gasteiger partial charge in [-0.25, -0.2) is 4.39 Å². The fraction of sp³-hybridized carbons (Fsp3) is 0.533. The first-order valence-electron chi connectivity index (χ1n) is 7.23. The van der Waals surface area contributed by atoms with E-state index in [1.165, 1.54) is 31.0 Å². The number of piperidine rings is 1. The molecule has 1 unspecified atom stereocenters. The number of nitrogens with zero attached hydrogens (tertiary/aromatic N) is 2. The van der Waals surface area contributed by atoms with E-state index in [2.05, 4.69) is 4.90 Å². The maximum absolute atomic E-state index is 13.8. The smallest absolute Gasteiger partial charge is 0.257 e. The van der Waals surface area contributed by atoms with E-state index in [1.54, 1.807) is 4.90 Å². The average Bonchev–Trinajstić information content (AvgIpc) is 2.48. The summed E-state index contributed by atoms with van der Waals surface area (Å²) in [5, 5.41) is 0. The first-order chi connectivity index (χ1) is 9.65. The molecule has 5 heteroatoms. The van der Waals surface area contributed by atoms with Crippen LogP contribution in [-0.4, -0.2) is 47.9 Å². The fourth-order valence-electron chi connectivity index (χ4n) is 3.22. The largest absolute Gasteiger partial charge is 0.399 e. The van der Waals surface area contributed by atoms with Gasteiger partial charge in [0.15, 0.2) is 0 Å². The molecule has 1 aromatic carbocycles. The predicted octanol–water partition coefficient (Wildman–Crippen LogP) is 1.72. The third-order valence-corrected chi connectivity index (χ3v) is 4.35. The van der Waals surface area contributed by atoms with Crippen LogP contribution in [0.1, 0.15) is 29.6 Å². The molecular weight excluding hydrogens is 257 g/mol. The molecule has 1 amide bonds. The van der Waals surface area contributed by atoms with Crippen LogP contribution >= 0.6 is 0 Å². The van der Waals surface area contributed by atoms with Crippen molar-refractivity contribution in [1.82, 2.24) is 9.80 Å². The van der Waals surface area contributed by atoms with Gasteiger partial charge in [-0.2, -0.15) is 0 Å². The Balaban J connectivity index is 1.76. The average molecular weight is 277 g/mol. The van der Waals surface area contributed by atoms with Crippen molar-refractivity contribution < 1.29 is 9.18 Å². The van der Waals surface area contributed by atoms with Crippen LogP contribution in [-0.2, 0) is 0 Å². The molecule has 2 heterocycles. The van der Waals surface area contributed by atoms with Gasteiger partial charge in [-0.1, -0.05) is 6.42 Å². The number of anilines is 1. The number of hydrogen-bond donors (Lipinski definition) is 1. The van der Waals surface area contributed by atoms with Gasteiger partial charge in [-0.05, 0) is 37.6 Å². The second kappa shape index (κ2) is 5.40. The van der Waals surface area contributed by atoms with Crippen molar-refractivity contribution in [2.45, 2.75) is 25.3 Å². The number of hydrogen-bond acceptors (Lipinski definition) is 3. The van der Waals surface area contributed by atoms with Crippen LogP contribution in [0.5, 0.6) is 0 Å². The van der Waals surface area contributed by atoms with Crippen molar-refractivity contribution in [3.8, 4) is 0 Å². The molecule has 0 spiro atoms. The van der Waals surface area contributed by atoms with Gasteiger partial charge in [-0.3, -0.25) is 9.69 Å². The lowest BCUT2D eigenvalue weighted by Gasteiger charge is -2.44. The molecule has 2 aliphatic heterocycles. The van der Waals surface area contributed by atoms with Crippen molar-refractivity contribution >= 4 is 11.6 Å². The molecule has 4 nitrogen and oxygen atoms in total. The quantitative estimate of drug-likeness (QED) is 0.795. The number of fused-ring (bicyclic) bond motifs is 1. The summed E-state index contributed by atoms with van der Waals surface area (Å²) in [6, 6.07) is 4.61. The summed E-state index contributed by atoms with van der Waals surface area (Å²) in [7, 11) is 0. The van der Waals surface area contributed by atoms with E-state index < -0.39 is 5.82 Å². The maximum atomic E-state index is 13.8. The van der Waals surface area contributed by atoms with Crippen LogP contribution < -0.4 is 5.73 Å². The summed E-state index contributed by atoms with van der Waals surface area (Å²) < 4.78 is 13.8. The first kappa shape index (κ1) is 13.4. The summed E-state index contributed by atoms with van der Waals surface area (Å²) in [6.45, 7) is 3.39. The lowest BCUT2D eigenvalue weighted by molar-refractivity contribution is 0.0369. The zero-order chi connectivity index (χ0) is 14.1. The number of halogens is 1. The molecule has 0 radical (unpaired) electrons. The van der Waals surface area contributed by atoms with Crippen LogP contribution in [0.3, 0.4) is 0 Å². The molecule has 3 rings (SSSR count). The molecule has 1 atom stereocenters. The number of amides is 1. The van der Waals surface area contributed by atoms with E-state index in [-0.39, 0.29) is 11.5 Å². The normalized spacial score (nSPS) is 23.4. The molecule has 1 aromatic rings. The minimum absolute atomic E-state index is 0.0919. The first-order valence-corrected chi connectivity index (χ1v) is 7.23. The molecule has 2 N–H and O–H groups in total. The maximum Gasteiger partial charge on any atom is 0.257 e. The summed E-state index contributed by atoms with van der Waals surface area (Å²) in [4.78, 5) is 16.7. The Labute approximate surface area is 118 Å². The summed E-state index contributed by atoms with van der Waals surface area (Å²) in [6.07, 6.45) is 3.59. The second-order valence-electron chi connectivity index (χ2n) is 5.68. The van der Waals surface area contributed by atoms with Crippen molar-refractivity contribution in [2.75, 3.05) is 31.9 Å². The van der Waals surface area contributed by atoms with Gasteiger partial charge in [0.1, 0.15) is 5.82 Å². The Morgan fingerprint density at radius 2 is 2.10 bits per heavy atom. The number of nitrogen functional groups attached to an aromatic ring is 1. The summed E-state index contributed by atoms with van der Waals surface area (Å²) in [5.74, 6) is -0.727. The van der Waals surface area contributed by atoms with E-state index in [0.29, 0.717) is 24.8 Å². The minimum Gasteiger partial charge on any atom is -0.399 e. The van der Waals surface area contributed by atoms with Gasteiger partial charge in [0.2, 0.25) is 0 Å². The van der Waals surface area contributed by atoms with Gasteiger partial charge in [-0.15, -0.1) is 0 Å². The molecule has 108 valence electrons. The fourth-order valence-corrected chi connectivity index (χ4v) is 3.22. The van der Waals surface area contributed by atoms with Crippen LogP contribution in [0.2, 0.25) is 0 Å². The molecular formula is C15H20FN3O. The molecule has 20 heavy (non-hydrogen) atoms. The highest BCUT2D eigenvalue weighted by Gasteiger charge is 2.32. The second-order valence-corrected chi connectivity index (χ2v) is 5.68. The van der Waals surface area contributed by atoms with Gasteiger partial charge < -0.3 is 10.6 Å². The third kappa shape index (κ3) is 2.50. The van der Waals surface area contributed by atoms with Crippen LogP contribution in [0.4, 0.5) is 10.1 Å². The predicted molar refractivity (Wildman–Crippen MR) is 75.9 cm³/mol. The lowest BCUT2D eigenvalue weighted by Crippen LogP contribution is -2.56. The molecule has 0 aromatic heterocycles. The highest BCUT2D eigenvalue weighted by Crippen LogP contribution is 2.23. The monoisotopic (exact) mass is 277 g/mol. The number of rotatable bonds is 1.